The molecule has 98 valence electrons. The van der Waals surface area contributed by atoms with Gasteiger partial charge in [-0.25, -0.2) is 0 Å². The molecule has 1 amide bonds. The Balaban J connectivity index is 2.52. The standard InChI is InChI=1S/C14H18ClNO2/c1-3-10-18-13-6-4-12(5-7-13)11-16(2)14(17)8-9-15/h3-7H,1,8-11H2,2H3. The van der Waals surface area contributed by atoms with Crippen molar-refractivity contribution in [1.29, 1.82) is 0 Å². The zero-order chi connectivity index (χ0) is 13.4. The molecular weight excluding hydrogens is 250 g/mol. The number of rotatable bonds is 7. The van der Waals surface area contributed by atoms with Crippen LogP contribution >= 0.6 is 11.6 Å². The Bertz CT molecular complexity index is 389. The maximum absolute atomic E-state index is 11.6. The van der Waals surface area contributed by atoms with Gasteiger partial charge in [0.05, 0.1) is 0 Å². The highest BCUT2D eigenvalue weighted by Crippen LogP contribution is 2.13. The minimum absolute atomic E-state index is 0.0528. The summed E-state index contributed by atoms with van der Waals surface area (Å²) in [4.78, 5) is 13.2. The molecule has 1 aromatic carbocycles. The van der Waals surface area contributed by atoms with Crippen LogP contribution < -0.4 is 4.74 Å². The number of alkyl halides is 1. The van der Waals surface area contributed by atoms with Crippen molar-refractivity contribution in [3.05, 3.63) is 42.5 Å². The van der Waals surface area contributed by atoms with Crippen molar-refractivity contribution in [2.45, 2.75) is 13.0 Å². The molecule has 0 unspecified atom stereocenters. The monoisotopic (exact) mass is 267 g/mol. The van der Waals surface area contributed by atoms with E-state index < -0.39 is 0 Å². The van der Waals surface area contributed by atoms with Gasteiger partial charge in [0.25, 0.3) is 0 Å². The minimum atomic E-state index is 0.0528. The van der Waals surface area contributed by atoms with Crippen molar-refractivity contribution in [2.75, 3.05) is 19.5 Å². The van der Waals surface area contributed by atoms with Gasteiger partial charge >= 0.3 is 0 Å². The summed E-state index contributed by atoms with van der Waals surface area (Å²) in [6, 6.07) is 7.67. The maximum Gasteiger partial charge on any atom is 0.223 e. The zero-order valence-corrected chi connectivity index (χ0v) is 11.3. The number of carbonyl (C=O) groups is 1. The smallest absolute Gasteiger partial charge is 0.223 e. The van der Waals surface area contributed by atoms with E-state index in [4.69, 9.17) is 16.3 Å². The first-order chi connectivity index (χ1) is 8.67. The number of hydrogen-bond donors (Lipinski definition) is 0. The molecule has 0 bridgehead atoms. The number of carbonyl (C=O) groups excluding carboxylic acids is 1. The van der Waals surface area contributed by atoms with Crippen LogP contribution in [0.4, 0.5) is 0 Å². The maximum atomic E-state index is 11.6. The molecular formula is C14H18ClNO2. The van der Waals surface area contributed by atoms with Crippen LogP contribution in [0.5, 0.6) is 5.75 Å². The summed E-state index contributed by atoms with van der Waals surface area (Å²) < 4.78 is 5.39. The Kier molecular flexibility index (Phi) is 6.29. The highest BCUT2D eigenvalue weighted by molar-refractivity contribution is 6.18. The van der Waals surface area contributed by atoms with E-state index in [9.17, 15) is 4.79 Å². The highest BCUT2D eigenvalue weighted by atomic mass is 35.5. The fourth-order valence-electron chi connectivity index (χ4n) is 1.48. The van der Waals surface area contributed by atoms with E-state index in [-0.39, 0.29) is 5.91 Å². The third-order valence-corrected chi connectivity index (χ3v) is 2.63. The Morgan fingerprint density at radius 3 is 2.67 bits per heavy atom. The molecule has 0 aliphatic heterocycles. The quantitative estimate of drug-likeness (QED) is 0.562. The summed E-state index contributed by atoms with van der Waals surface area (Å²) in [7, 11) is 1.77. The molecule has 0 N–H and O–H groups in total. The van der Waals surface area contributed by atoms with Gasteiger partial charge < -0.3 is 9.64 Å². The molecule has 0 saturated carbocycles. The fraction of sp³-hybridized carbons (Fsp3) is 0.357. The Morgan fingerprint density at radius 2 is 2.11 bits per heavy atom. The normalized spacial score (nSPS) is 9.89. The Labute approximate surface area is 113 Å². The molecule has 1 aromatic rings. The Morgan fingerprint density at radius 1 is 1.44 bits per heavy atom. The van der Waals surface area contributed by atoms with Crippen LogP contribution in [0.1, 0.15) is 12.0 Å². The summed E-state index contributed by atoms with van der Waals surface area (Å²) in [6.07, 6.45) is 2.07. The number of benzene rings is 1. The summed E-state index contributed by atoms with van der Waals surface area (Å²) >= 11 is 5.54. The van der Waals surface area contributed by atoms with Crippen molar-refractivity contribution in [3.8, 4) is 5.75 Å². The zero-order valence-electron chi connectivity index (χ0n) is 10.6. The van der Waals surface area contributed by atoms with E-state index >= 15 is 0 Å². The van der Waals surface area contributed by atoms with Crippen LogP contribution in [0, 0.1) is 0 Å². The van der Waals surface area contributed by atoms with Gasteiger partial charge in [0, 0.05) is 25.9 Å². The molecule has 4 heteroatoms. The average Bonchev–Trinajstić information content (AvgIpc) is 2.38. The first kappa shape index (κ1) is 14.6. The molecule has 0 aromatic heterocycles. The Hall–Kier alpha value is -1.48. The predicted octanol–water partition coefficient (Wildman–Crippen LogP) is 2.84. The second-order valence-electron chi connectivity index (χ2n) is 3.93. The molecule has 1 rings (SSSR count). The third-order valence-electron chi connectivity index (χ3n) is 2.45. The fourth-order valence-corrected chi connectivity index (χ4v) is 1.64. The first-order valence-corrected chi connectivity index (χ1v) is 6.33. The SMILES string of the molecule is C=CCOc1ccc(CN(C)C(=O)CCCl)cc1. The average molecular weight is 268 g/mol. The van der Waals surface area contributed by atoms with Gasteiger partial charge in [0.2, 0.25) is 5.91 Å². The van der Waals surface area contributed by atoms with Gasteiger partial charge in [0.1, 0.15) is 12.4 Å². The second-order valence-corrected chi connectivity index (χ2v) is 4.31. The van der Waals surface area contributed by atoms with Gasteiger partial charge in [-0.1, -0.05) is 24.8 Å². The third kappa shape index (κ3) is 4.80. The van der Waals surface area contributed by atoms with Gasteiger partial charge in [-0.15, -0.1) is 11.6 Å². The summed E-state index contributed by atoms with van der Waals surface area (Å²) in [5.41, 5.74) is 1.06. The van der Waals surface area contributed by atoms with E-state index in [0.717, 1.165) is 11.3 Å². The van der Waals surface area contributed by atoms with E-state index in [2.05, 4.69) is 6.58 Å². The molecule has 0 spiro atoms. The van der Waals surface area contributed by atoms with E-state index in [1.54, 1.807) is 18.0 Å². The molecule has 0 heterocycles. The number of amides is 1. The molecule has 0 fully saturated rings. The summed E-state index contributed by atoms with van der Waals surface area (Å²) in [5, 5.41) is 0. The molecule has 0 saturated heterocycles. The second kappa shape index (κ2) is 7.77. The van der Waals surface area contributed by atoms with E-state index in [1.807, 2.05) is 24.3 Å². The van der Waals surface area contributed by atoms with Crippen LogP contribution in [0.3, 0.4) is 0 Å². The molecule has 0 aliphatic rings. The van der Waals surface area contributed by atoms with Crippen LogP contribution in [0.2, 0.25) is 0 Å². The lowest BCUT2D eigenvalue weighted by Crippen LogP contribution is -2.26. The first-order valence-electron chi connectivity index (χ1n) is 5.80. The van der Waals surface area contributed by atoms with Gasteiger partial charge in [-0.05, 0) is 17.7 Å². The number of halogens is 1. The van der Waals surface area contributed by atoms with Crippen molar-refractivity contribution < 1.29 is 9.53 Å². The molecule has 3 nitrogen and oxygen atoms in total. The van der Waals surface area contributed by atoms with Crippen LogP contribution in [-0.2, 0) is 11.3 Å². The van der Waals surface area contributed by atoms with Crippen molar-refractivity contribution >= 4 is 17.5 Å². The number of hydrogen-bond acceptors (Lipinski definition) is 2. The van der Waals surface area contributed by atoms with E-state index in [1.165, 1.54) is 0 Å². The van der Waals surface area contributed by atoms with Gasteiger partial charge in [-0.2, -0.15) is 0 Å². The molecule has 0 atom stereocenters. The van der Waals surface area contributed by atoms with Crippen LogP contribution in [0.15, 0.2) is 36.9 Å². The topological polar surface area (TPSA) is 29.5 Å². The van der Waals surface area contributed by atoms with Crippen molar-refractivity contribution in [1.82, 2.24) is 4.90 Å². The van der Waals surface area contributed by atoms with Crippen LogP contribution in [-0.4, -0.2) is 30.3 Å². The lowest BCUT2D eigenvalue weighted by molar-refractivity contribution is -0.129. The van der Waals surface area contributed by atoms with E-state index in [0.29, 0.717) is 25.5 Å². The number of nitrogens with zero attached hydrogens (tertiary/aromatic N) is 1. The van der Waals surface area contributed by atoms with Gasteiger partial charge in [-0.3, -0.25) is 4.79 Å². The molecule has 0 radical (unpaired) electrons. The number of ether oxygens (including phenoxy) is 1. The lowest BCUT2D eigenvalue weighted by Gasteiger charge is -2.16. The van der Waals surface area contributed by atoms with Gasteiger partial charge in [0.15, 0.2) is 0 Å². The highest BCUT2D eigenvalue weighted by Gasteiger charge is 2.08. The summed E-state index contributed by atoms with van der Waals surface area (Å²) in [6.45, 7) is 4.66. The predicted molar refractivity (Wildman–Crippen MR) is 73.9 cm³/mol. The largest absolute Gasteiger partial charge is 0.490 e. The molecule has 0 aliphatic carbocycles. The minimum Gasteiger partial charge on any atom is -0.490 e. The lowest BCUT2D eigenvalue weighted by atomic mass is 10.2. The summed E-state index contributed by atoms with van der Waals surface area (Å²) in [5.74, 6) is 1.21. The van der Waals surface area contributed by atoms with Crippen molar-refractivity contribution in [3.63, 3.8) is 0 Å². The molecule has 18 heavy (non-hydrogen) atoms. The van der Waals surface area contributed by atoms with Crippen LogP contribution in [0.25, 0.3) is 0 Å². The van der Waals surface area contributed by atoms with Crippen molar-refractivity contribution in [2.24, 2.45) is 0 Å².